The lowest BCUT2D eigenvalue weighted by molar-refractivity contribution is -0.120. The van der Waals surface area contributed by atoms with Crippen LogP contribution in [-0.4, -0.2) is 67.5 Å². The van der Waals surface area contributed by atoms with Gasteiger partial charge in [0.15, 0.2) is 5.78 Å². The summed E-state index contributed by atoms with van der Waals surface area (Å²) < 4.78 is 5.52. The molecule has 3 unspecified atom stereocenters. The fraction of sp³-hybridized carbons (Fsp3) is 0.485. The molecule has 41 heavy (non-hydrogen) atoms. The Morgan fingerprint density at radius 1 is 1.10 bits per heavy atom. The predicted octanol–water partition coefficient (Wildman–Crippen LogP) is 5.78. The van der Waals surface area contributed by atoms with Gasteiger partial charge in [0.1, 0.15) is 5.82 Å². The molecule has 3 fully saturated rings. The van der Waals surface area contributed by atoms with Gasteiger partial charge in [0.25, 0.3) is 0 Å². The van der Waals surface area contributed by atoms with Crippen LogP contribution >= 0.6 is 11.6 Å². The van der Waals surface area contributed by atoms with Crippen LogP contribution in [-0.2, 0) is 17.8 Å². The van der Waals surface area contributed by atoms with Gasteiger partial charge < -0.3 is 19.4 Å². The Morgan fingerprint density at radius 3 is 2.51 bits per heavy atom. The molecule has 0 bridgehead atoms. The number of likely N-dealkylation sites (tertiary alicyclic amines) is 1. The van der Waals surface area contributed by atoms with Crippen LogP contribution in [0.4, 0.5) is 11.5 Å². The number of rotatable bonds is 5. The number of allylic oxidation sites excluding steroid dienone is 1. The van der Waals surface area contributed by atoms with Gasteiger partial charge in [-0.2, -0.15) is 9.97 Å². The lowest BCUT2D eigenvalue weighted by Gasteiger charge is -2.36. The van der Waals surface area contributed by atoms with Crippen molar-refractivity contribution < 1.29 is 9.53 Å². The number of aromatic nitrogens is 2. The van der Waals surface area contributed by atoms with Gasteiger partial charge in [-0.05, 0) is 81.3 Å². The topological polar surface area (TPSA) is 61.8 Å². The quantitative estimate of drug-likeness (QED) is 0.358. The molecular weight excluding hydrogens is 534 g/mol. The van der Waals surface area contributed by atoms with Crippen molar-refractivity contribution in [2.24, 2.45) is 17.3 Å². The van der Waals surface area contributed by atoms with Crippen molar-refractivity contribution in [2.45, 2.75) is 39.2 Å². The maximum Gasteiger partial charge on any atom is 0.318 e. The largest absolute Gasteiger partial charge is 0.467 e. The first-order chi connectivity index (χ1) is 19.9. The molecule has 0 spiro atoms. The molecule has 0 radical (unpaired) electrons. The summed E-state index contributed by atoms with van der Waals surface area (Å²) in [6.45, 7) is 11.7. The SMILES string of the molecule is C=CC(=O)C12CCN(c3nc(OC)nc4c3CCN(c3cccc5cccc(Cl)c35)C4)CC1C2C.CN1CCCC1. The number of hydrogen-bond donors (Lipinski definition) is 0. The number of anilines is 2. The monoisotopic (exact) mass is 573 g/mol. The molecule has 3 aromatic rings. The van der Waals surface area contributed by atoms with E-state index in [0.717, 1.165) is 65.5 Å². The Morgan fingerprint density at radius 2 is 1.85 bits per heavy atom. The van der Waals surface area contributed by atoms with Crippen molar-refractivity contribution in [1.29, 1.82) is 0 Å². The first-order valence-corrected chi connectivity index (χ1v) is 15.2. The number of halogens is 1. The number of nitrogens with zero attached hydrogens (tertiary/aromatic N) is 5. The molecule has 3 aliphatic heterocycles. The number of hydrogen-bond acceptors (Lipinski definition) is 7. The molecule has 1 saturated carbocycles. The molecule has 4 aliphatic rings. The molecule has 4 heterocycles. The van der Waals surface area contributed by atoms with Crippen LogP contribution in [0.2, 0.25) is 5.02 Å². The zero-order chi connectivity index (χ0) is 28.7. The van der Waals surface area contributed by atoms with E-state index in [-0.39, 0.29) is 11.2 Å². The minimum Gasteiger partial charge on any atom is -0.467 e. The molecule has 0 N–H and O–H groups in total. The number of carbonyl (C=O) groups is 1. The highest BCUT2D eigenvalue weighted by Gasteiger charge is 2.67. The van der Waals surface area contributed by atoms with E-state index < -0.39 is 0 Å². The minimum atomic E-state index is -0.222. The maximum atomic E-state index is 12.6. The fourth-order valence-corrected chi connectivity index (χ4v) is 7.66. The predicted molar refractivity (Wildman–Crippen MR) is 166 cm³/mol. The minimum absolute atomic E-state index is 0.196. The van der Waals surface area contributed by atoms with E-state index in [0.29, 0.717) is 24.4 Å². The second-order valence-electron chi connectivity index (χ2n) is 12.0. The van der Waals surface area contributed by atoms with Gasteiger partial charge in [-0.3, -0.25) is 4.79 Å². The van der Waals surface area contributed by atoms with Gasteiger partial charge in [0.05, 0.1) is 24.4 Å². The van der Waals surface area contributed by atoms with Crippen molar-refractivity contribution in [1.82, 2.24) is 14.9 Å². The van der Waals surface area contributed by atoms with Crippen LogP contribution in [0.15, 0.2) is 49.1 Å². The zero-order valence-electron chi connectivity index (χ0n) is 24.4. The van der Waals surface area contributed by atoms with Crippen molar-refractivity contribution in [3.05, 3.63) is 65.3 Å². The lowest BCUT2D eigenvalue weighted by atomic mass is 9.89. The van der Waals surface area contributed by atoms with Crippen LogP contribution in [0, 0.1) is 17.3 Å². The van der Waals surface area contributed by atoms with Crippen molar-refractivity contribution in [3.8, 4) is 6.01 Å². The Bertz CT molecular complexity index is 1470. The highest BCUT2D eigenvalue weighted by molar-refractivity contribution is 6.36. The van der Waals surface area contributed by atoms with E-state index in [1.165, 1.54) is 37.6 Å². The summed E-state index contributed by atoms with van der Waals surface area (Å²) in [6, 6.07) is 12.7. The van der Waals surface area contributed by atoms with Crippen LogP contribution < -0.4 is 14.5 Å². The normalized spacial score (nSPS) is 25.2. The molecular formula is C33H40ClN5O2. The van der Waals surface area contributed by atoms with Gasteiger partial charge in [0, 0.05) is 41.7 Å². The zero-order valence-corrected chi connectivity index (χ0v) is 25.2. The average Bonchev–Trinajstić information content (AvgIpc) is 3.30. The number of carbonyl (C=O) groups excluding carboxylic acids is 1. The summed E-state index contributed by atoms with van der Waals surface area (Å²) in [7, 11) is 3.79. The summed E-state index contributed by atoms with van der Waals surface area (Å²) in [5.41, 5.74) is 3.07. The van der Waals surface area contributed by atoms with Crippen LogP contribution in [0.1, 0.15) is 37.4 Å². The maximum absolute atomic E-state index is 12.6. The molecule has 0 amide bonds. The molecule has 8 heteroatoms. The molecule has 2 saturated heterocycles. The van der Waals surface area contributed by atoms with Crippen LogP contribution in [0.5, 0.6) is 6.01 Å². The van der Waals surface area contributed by atoms with E-state index in [1.54, 1.807) is 7.11 Å². The molecule has 216 valence electrons. The first-order valence-electron chi connectivity index (χ1n) is 14.8. The smallest absolute Gasteiger partial charge is 0.318 e. The Balaban J connectivity index is 0.000000449. The third-order valence-electron chi connectivity index (χ3n) is 9.83. The van der Waals surface area contributed by atoms with E-state index in [1.807, 2.05) is 12.1 Å². The van der Waals surface area contributed by atoms with Crippen LogP contribution in [0.3, 0.4) is 0 Å². The van der Waals surface area contributed by atoms with Crippen molar-refractivity contribution >= 4 is 39.7 Å². The van der Waals surface area contributed by atoms with Crippen LogP contribution in [0.25, 0.3) is 10.8 Å². The Labute approximate surface area is 248 Å². The van der Waals surface area contributed by atoms with Gasteiger partial charge in [-0.25, -0.2) is 0 Å². The molecule has 7 nitrogen and oxygen atoms in total. The Kier molecular flexibility index (Phi) is 7.68. The third kappa shape index (κ3) is 4.97. The average molecular weight is 574 g/mol. The van der Waals surface area contributed by atoms with Crippen molar-refractivity contribution in [3.63, 3.8) is 0 Å². The number of ether oxygens (including phenoxy) is 1. The fourth-order valence-electron chi connectivity index (χ4n) is 7.38. The van der Waals surface area contributed by atoms with E-state index in [9.17, 15) is 4.79 Å². The third-order valence-corrected chi connectivity index (χ3v) is 10.1. The van der Waals surface area contributed by atoms with E-state index in [4.69, 9.17) is 26.3 Å². The first kappa shape index (κ1) is 28.0. The van der Waals surface area contributed by atoms with Gasteiger partial charge in [-0.15, -0.1) is 0 Å². The highest BCUT2D eigenvalue weighted by Crippen LogP contribution is 2.64. The molecule has 2 aromatic carbocycles. The summed E-state index contributed by atoms with van der Waals surface area (Å²) in [5, 5.41) is 2.96. The standard InChI is InChI=1S/C28H29ClN4O2.C5H11N/c1-4-24(34)28-12-14-33(15-20(28)17(28)2)26-19-11-13-32(16-22(19)30-27(31-26)35-3)23-10-6-8-18-7-5-9-21(29)25(18)23;1-6-4-2-3-5-6/h4-10,17,20H,1,11-16H2,2-3H3;2-5H2,1H3. The lowest BCUT2D eigenvalue weighted by Crippen LogP contribution is -2.40. The summed E-state index contributed by atoms with van der Waals surface area (Å²) >= 11 is 6.62. The second-order valence-corrected chi connectivity index (χ2v) is 12.4. The summed E-state index contributed by atoms with van der Waals surface area (Å²) in [6.07, 6.45) is 6.01. The Hall–Kier alpha value is -3.16. The molecule has 1 aromatic heterocycles. The van der Waals surface area contributed by atoms with Gasteiger partial charge in [-0.1, -0.05) is 49.4 Å². The number of piperidine rings is 1. The molecule has 3 atom stereocenters. The number of benzene rings is 2. The van der Waals surface area contributed by atoms with Crippen molar-refractivity contribution in [2.75, 3.05) is 56.7 Å². The number of fused-ring (bicyclic) bond motifs is 3. The molecule has 7 rings (SSSR count). The van der Waals surface area contributed by atoms with E-state index >= 15 is 0 Å². The van der Waals surface area contributed by atoms with E-state index in [2.05, 4.69) is 59.5 Å². The second kappa shape index (κ2) is 11.3. The molecule has 1 aliphatic carbocycles. The number of methoxy groups -OCH3 is 1. The van der Waals surface area contributed by atoms with Gasteiger partial charge in [0.2, 0.25) is 0 Å². The summed E-state index contributed by atoms with van der Waals surface area (Å²) in [4.78, 5) is 29.2. The highest BCUT2D eigenvalue weighted by atomic mass is 35.5. The van der Waals surface area contributed by atoms with Gasteiger partial charge >= 0.3 is 6.01 Å². The number of ketones is 1. The summed E-state index contributed by atoms with van der Waals surface area (Å²) in [5.74, 6) is 1.88.